The molecule has 0 radical (unpaired) electrons. The molecule has 0 saturated carbocycles. The van der Waals surface area contributed by atoms with E-state index in [1.54, 1.807) is 42.6 Å². The third kappa shape index (κ3) is 3.37. The minimum absolute atomic E-state index is 0.0911. The van der Waals surface area contributed by atoms with Crippen LogP contribution in [0.15, 0.2) is 53.6 Å². The summed E-state index contributed by atoms with van der Waals surface area (Å²) in [6.07, 6.45) is 1.60. The lowest BCUT2D eigenvalue weighted by Crippen LogP contribution is -2.24. The van der Waals surface area contributed by atoms with Crippen molar-refractivity contribution in [2.75, 3.05) is 0 Å². The number of nitrogens with one attached hydrogen (secondary N) is 1. The zero-order chi connectivity index (χ0) is 13.7. The molecule has 2 aromatic rings. The molecule has 0 unspecified atom stereocenters. The number of hydrogen-bond donors (Lipinski definition) is 2. The third-order valence-electron chi connectivity index (χ3n) is 2.60. The van der Waals surface area contributed by atoms with Crippen LogP contribution < -0.4 is 4.72 Å². The van der Waals surface area contributed by atoms with Gasteiger partial charge in [0.2, 0.25) is 10.0 Å². The maximum absolute atomic E-state index is 12.1. The summed E-state index contributed by atoms with van der Waals surface area (Å²) in [5, 5.41) is 9.16. The molecule has 0 fully saturated rings. The number of benzene rings is 1. The van der Waals surface area contributed by atoms with Gasteiger partial charge in [-0.05, 0) is 23.8 Å². The van der Waals surface area contributed by atoms with E-state index >= 15 is 0 Å². The smallest absolute Gasteiger partial charge is 0.241 e. The molecule has 19 heavy (non-hydrogen) atoms. The maximum atomic E-state index is 12.1. The van der Waals surface area contributed by atoms with Gasteiger partial charge in [0.25, 0.3) is 0 Å². The number of nitrogens with zero attached hydrogens (tertiary/aromatic N) is 1. The Bertz CT molecular complexity index is 642. The van der Waals surface area contributed by atoms with Gasteiger partial charge < -0.3 is 5.11 Å². The Labute approximate surface area is 112 Å². The minimum atomic E-state index is -3.65. The van der Waals surface area contributed by atoms with Gasteiger partial charge in [-0.25, -0.2) is 13.1 Å². The van der Waals surface area contributed by atoms with E-state index in [0.717, 1.165) is 0 Å². The van der Waals surface area contributed by atoms with Crippen LogP contribution in [0.1, 0.15) is 11.3 Å². The van der Waals surface area contributed by atoms with Crippen molar-refractivity contribution in [1.82, 2.24) is 9.71 Å². The molecule has 6 heteroatoms. The number of aliphatic hydroxyl groups excluding tert-OH is 1. The minimum Gasteiger partial charge on any atom is -0.392 e. The molecule has 0 atom stereocenters. The second kappa shape index (κ2) is 5.92. The Morgan fingerprint density at radius 1 is 1.11 bits per heavy atom. The molecule has 100 valence electrons. The van der Waals surface area contributed by atoms with E-state index in [1.807, 2.05) is 0 Å². The van der Waals surface area contributed by atoms with Crippen LogP contribution in [0.25, 0.3) is 0 Å². The molecule has 0 spiro atoms. The molecule has 1 aromatic heterocycles. The molecule has 1 heterocycles. The summed E-state index contributed by atoms with van der Waals surface area (Å²) < 4.78 is 26.7. The first-order chi connectivity index (χ1) is 9.13. The molecule has 1 aromatic carbocycles. The number of aliphatic hydroxyl groups is 1. The highest BCUT2D eigenvalue weighted by Crippen LogP contribution is 2.15. The molecule has 2 N–H and O–H groups in total. The largest absolute Gasteiger partial charge is 0.392 e. The van der Waals surface area contributed by atoms with Crippen LogP contribution >= 0.6 is 0 Å². The van der Waals surface area contributed by atoms with Crippen molar-refractivity contribution >= 4 is 10.0 Å². The van der Waals surface area contributed by atoms with Crippen LogP contribution in [0.2, 0.25) is 0 Å². The Kier molecular flexibility index (Phi) is 4.26. The lowest BCUT2D eigenvalue weighted by atomic mass is 10.2. The van der Waals surface area contributed by atoms with Crippen molar-refractivity contribution in [3.8, 4) is 0 Å². The van der Waals surface area contributed by atoms with Crippen molar-refractivity contribution in [1.29, 1.82) is 0 Å². The monoisotopic (exact) mass is 278 g/mol. The summed E-state index contributed by atoms with van der Waals surface area (Å²) in [7, 11) is -3.65. The molecule has 0 amide bonds. The van der Waals surface area contributed by atoms with Gasteiger partial charge >= 0.3 is 0 Å². The second-order valence-corrected chi connectivity index (χ2v) is 5.65. The van der Waals surface area contributed by atoms with Gasteiger partial charge in [-0.15, -0.1) is 0 Å². The topological polar surface area (TPSA) is 79.3 Å². The summed E-state index contributed by atoms with van der Waals surface area (Å²) in [5.41, 5.74) is 1.00. The van der Waals surface area contributed by atoms with Gasteiger partial charge in [0.1, 0.15) is 0 Å². The highest BCUT2D eigenvalue weighted by molar-refractivity contribution is 7.89. The first kappa shape index (κ1) is 13.7. The fourth-order valence-corrected chi connectivity index (χ4v) is 2.87. The van der Waals surface area contributed by atoms with Crippen molar-refractivity contribution in [2.24, 2.45) is 0 Å². The van der Waals surface area contributed by atoms with Crippen LogP contribution in [-0.2, 0) is 23.2 Å². The average Bonchev–Trinajstić information content (AvgIpc) is 2.46. The molecular formula is C13H14N2O3S. The summed E-state index contributed by atoms with van der Waals surface area (Å²) in [5.74, 6) is 0. The highest BCUT2D eigenvalue weighted by atomic mass is 32.2. The van der Waals surface area contributed by atoms with Crippen LogP contribution in [0, 0.1) is 0 Å². The number of hydrogen-bond acceptors (Lipinski definition) is 4. The van der Waals surface area contributed by atoms with E-state index < -0.39 is 10.0 Å². The summed E-state index contributed by atoms with van der Waals surface area (Å²) in [4.78, 5) is 4.13. The van der Waals surface area contributed by atoms with E-state index in [4.69, 9.17) is 5.11 Å². The van der Waals surface area contributed by atoms with Crippen LogP contribution in [0.5, 0.6) is 0 Å². The zero-order valence-electron chi connectivity index (χ0n) is 10.2. The van der Waals surface area contributed by atoms with Gasteiger partial charge in [-0.2, -0.15) is 0 Å². The maximum Gasteiger partial charge on any atom is 0.241 e. The molecule has 0 aliphatic carbocycles. The lowest BCUT2D eigenvalue weighted by Gasteiger charge is -2.09. The van der Waals surface area contributed by atoms with Crippen molar-refractivity contribution in [3.63, 3.8) is 0 Å². The molecule has 5 nitrogen and oxygen atoms in total. The normalized spacial score (nSPS) is 11.4. The molecule has 0 saturated heterocycles. The number of aromatic nitrogens is 1. The number of pyridine rings is 1. The second-order valence-electron chi connectivity index (χ2n) is 3.91. The van der Waals surface area contributed by atoms with Crippen LogP contribution in [0.4, 0.5) is 0 Å². The number of rotatable bonds is 5. The quantitative estimate of drug-likeness (QED) is 0.857. The first-order valence-corrected chi connectivity index (χ1v) is 7.20. The fourth-order valence-electron chi connectivity index (χ4n) is 1.65. The lowest BCUT2D eigenvalue weighted by molar-refractivity contribution is 0.278. The van der Waals surface area contributed by atoms with Gasteiger partial charge in [0.15, 0.2) is 0 Å². The predicted molar refractivity (Wildman–Crippen MR) is 70.6 cm³/mol. The molecule has 0 bridgehead atoms. The fraction of sp³-hybridized carbons (Fsp3) is 0.154. The van der Waals surface area contributed by atoms with E-state index in [1.165, 1.54) is 6.07 Å². The predicted octanol–water partition coefficient (Wildman–Crippen LogP) is 1.05. The summed E-state index contributed by atoms with van der Waals surface area (Å²) in [6.45, 7) is -0.205. The number of sulfonamides is 1. The van der Waals surface area contributed by atoms with Crippen LogP contribution in [0.3, 0.4) is 0 Å². The summed E-state index contributed by atoms with van der Waals surface area (Å²) >= 11 is 0. The van der Waals surface area contributed by atoms with Crippen molar-refractivity contribution in [3.05, 3.63) is 59.9 Å². The Hall–Kier alpha value is -1.76. The van der Waals surface area contributed by atoms with Crippen LogP contribution in [-0.4, -0.2) is 18.5 Å². The van der Waals surface area contributed by atoms with Gasteiger partial charge in [-0.1, -0.05) is 24.3 Å². The Balaban J connectivity index is 2.19. The average molecular weight is 278 g/mol. The summed E-state index contributed by atoms with van der Waals surface area (Å²) in [6, 6.07) is 11.6. The molecular weight excluding hydrogens is 264 g/mol. The molecule has 0 aliphatic heterocycles. The molecule has 2 rings (SSSR count). The highest BCUT2D eigenvalue weighted by Gasteiger charge is 2.17. The van der Waals surface area contributed by atoms with E-state index in [-0.39, 0.29) is 18.0 Å². The first-order valence-electron chi connectivity index (χ1n) is 5.72. The van der Waals surface area contributed by atoms with Gasteiger partial charge in [-0.3, -0.25) is 4.98 Å². The van der Waals surface area contributed by atoms with Crippen molar-refractivity contribution < 1.29 is 13.5 Å². The standard InChI is InChI=1S/C13H14N2O3S/c16-10-11-5-1-2-7-13(11)19(17,18)15-9-12-6-3-4-8-14-12/h1-8,15-16H,9-10H2. The Morgan fingerprint density at radius 3 is 2.53 bits per heavy atom. The van der Waals surface area contributed by atoms with Crippen molar-refractivity contribution in [2.45, 2.75) is 18.0 Å². The molecule has 0 aliphatic rings. The Morgan fingerprint density at radius 2 is 1.84 bits per heavy atom. The van der Waals surface area contributed by atoms with E-state index in [2.05, 4.69) is 9.71 Å². The van der Waals surface area contributed by atoms with E-state index in [9.17, 15) is 8.42 Å². The van der Waals surface area contributed by atoms with E-state index in [0.29, 0.717) is 11.3 Å². The SMILES string of the molecule is O=S(=O)(NCc1ccccn1)c1ccccc1CO. The third-order valence-corrected chi connectivity index (χ3v) is 4.10. The van der Waals surface area contributed by atoms with Gasteiger partial charge in [0.05, 0.1) is 23.7 Å². The zero-order valence-corrected chi connectivity index (χ0v) is 11.0. The van der Waals surface area contributed by atoms with Gasteiger partial charge in [0, 0.05) is 6.20 Å².